The zero-order valence-corrected chi connectivity index (χ0v) is 18.6. The lowest BCUT2D eigenvalue weighted by Crippen LogP contribution is -2.35. The van der Waals surface area contributed by atoms with Crippen LogP contribution in [0.5, 0.6) is 5.75 Å². The van der Waals surface area contributed by atoms with Gasteiger partial charge in [-0.15, -0.1) is 0 Å². The van der Waals surface area contributed by atoms with Gasteiger partial charge in [0.2, 0.25) is 0 Å². The number of fused-ring (bicyclic) bond motifs is 2. The van der Waals surface area contributed by atoms with Crippen LogP contribution in [0.4, 0.5) is 0 Å². The second kappa shape index (κ2) is 9.08. The predicted molar refractivity (Wildman–Crippen MR) is 131 cm³/mol. The highest BCUT2D eigenvalue weighted by molar-refractivity contribution is 5.89. The Kier molecular flexibility index (Phi) is 5.84. The van der Waals surface area contributed by atoms with Gasteiger partial charge in [0, 0.05) is 24.6 Å². The maximum absolute atomic E-state index is 11.7. The van der Waals surface area contributed by atoms with E-state index in [0.717, 1.165) is 35.4 Å². The van der Waals surface area contributed by atoms with Crippen LogP contribution in [0.15, 0.2) is 84.9 Å². The molecule has 2 N–H and O–H groups in total. The van der Waals surface area contributed by atoms with Crippen LogP contribution in [0.25, 0.3) is 10.8 Å². The highest BCUT2D eigenvalue weighted by atomic mass is 16.5. The number of nitrogens with one attached hydrogen (secondary N) is 1. The Morgan fingerprint density at radius 1 is 1.00 bits per heavy atom. The van der Waals surface area contributed by atoms with Gasteiger partial charge < -0.3 is 15.2 Å². The third-order valence-electron chi connectivity index (χ3n) is 6.55. The van der Waals surface area contributed by atoms with Crippen LogP contribution < -0.4 is 10.1 Å². The molecule has 1 aliphatic heterocycles. The Bertz CT molecular complexity index is 1310. The van der Waals surface area contributed by atoms with Crippen molar-refractivity contribution in [3.05, 3.63) is 113 Å². The number of benzene rings is 4. The maximum Gasteiger partial charge on any atom is 0.335 e. The van der Waals surface area contributed by atoms with Gasteiger partial charge in [0.15, 0.2) is 0 Å². The van der Waals surface area contributed by atoms with E-state index in [-0.39, 0.29) is 12.0 Å². The van der Waals surface area contributed by atoms with Crippen molar-refractivity contribution in [2.24, 2.45) is 0 Å². The topological polar surface area (TPSA) is 58.6 Å². The molecule has 4 nitrogen and oxygen atoms in total. The first kappa shape index (κ1) is 21.2. The summed E-state index contributed by atoms with van der Waals surface area (Å²) < 4.78 is 6.33. The van der Waals surface area contributed by atoms with Crippen LogP contribution in [0.3, 0.4) is 0 Å². The predicted octanol–water partition coefficient (Wildman–Crippen LogP) is 5.92. The van der Waals surface area contributed by atoms with E-state index in [1.807, 2.05) is 37.3 Å². The Balaban J connectivity index is 1.36. The fraction of sp³-hybridized carbons (Fsp3) is 0.207. The average molecular weight is 438 g/mol. The number of aromatic carboxylic acids is 1. The number of para-hydroxylation sites is 1. The summed E-state index contributed by atoms with van der Waals surface area (Å²) in [7, 11) is 0. The molecule has 0 aliphatic carbocycles. The first-order valence-electron chi connectivity index (χ1n) is 11.4. The molecule has 33 heavy (non-hydrogen) atoms. The van der Waals surface area contributed by atoms with Gasteiger partial charge in [0.05, 0.1) is 5.56 Å². The van der Waals surface area contributed by atoms with Crippen LogP contribution in [-0.4, -0.2) is 23.7 Å². The van der Waals surface area contributed by atoms with E-state index in [1.54, 1.807) is 0 Å². The molecule has 0 saturated heterocycles. The monoisotopic (exact) mass is 437 g/mol. The van der Waals surface area contributed by atoms with Crippen molar-refractivity contribution in [3.63, 3.8) is 0 Å². The zero-order valence-electron chi connectivity index (χ0n) is 18.6. The molecule has 4 aromatic rings. The van der Waals surface area contributed by atoms with Crippen molar-refractivity contribution < 1.29 is 14.6 Å². The van der Waals surface area contributed by atoms with Crippen molar-refractivity contribution in [1.82, 2.24) is 5.32 Å². The van der Waals surface area contributed by atoms with Crippen LogP contribution in [-0.2, 0) is 6.54 Å². The molecule has 0 saturated carbocycles. The quantitative estimate of drug-likeness (QED) is 0.393. The fourth-order valence-electron chi connectivity index (χ4n) is 4.84. The molecule has 0 bridgehead atoms. The number of hydrogen-bond donors (Lipinski definition) is 2. The molecular weight excluding hydrogens is 410 g/mol. The molecule has 5 rings (SSSR count). The molecule has 166 valence electrons. The van der Waals surface area contributed by atoms with Gasteiger partial charge in [0.1, 0.15) is 11.9 Å². The molecule has 0 radical (unpaired) electrons. The third kappa shape index (κ3) is 4.35. The first-order chi connectivity index (χ1) is 16.1. The van der Waals surface area contributed by atoms with Crippen molar-refractivity contribution >= 4 is 16.7 Å². The maximum atomic E-state index is 11.7. The van der Waals surface area contributed by atoms with E-state index in [2.05, 4.69) is 59.9 Å². The Labute approximate surface area is 193 Å². The highest BCUT2D eigenvalue weighted by Crippen LogP contribution is 2.40. The lowest BCUT2D eigenvalue weighted by molar-refractivity contribution is 0.0696. The molecule has 2 atom stereocenters. The van der Waals surface area contributed by atoms with Crippen molar-refractivity contribution in [3.8, 4) is 5.75 Å². The molecule has 0 fully saturated rings. The molecule has 2 unspecified atom stereocenters. The van der Waals surface area contributed by atoms with Gasteiger partial charge in [-0.05, 0) is 52.9 Å². The van der Waals surface area contributed by atoms with Crippen LogP contribution >= 0.6 is 0 Å². The normalized spacial score (nSPS) is 17.4. The lowest BCUT2D eigenvalue weighted by atomic mass is 9.83. The van der Waals surface area contributed by atoms with Gasteiger partial charge in [-0.2, -0.15) is 0 Å². The molecule has 0 spiro atoms. The van der Waals surface area contributed by atoms with E-state index in [9.17, 15) is 9.90 Å². The minimum Gasteiger partial charge on any atom is -0.489 e. The van der Waals surface area contributed by atoms with E-state index in [0.29, 0.717) is 12.1 Å². The van der Waals surface area contributed by atoms with Crippen LogP contribution in [0, 0.1) is 6.92 Å². The largest absolute Gasteiger partial charge is 0.489 e. The number of carboxylic acids is 1. The minimum atomic E-state index is -0.886. The Morgan fingerprint density at radius 3 is 2.67 bits per heavy atom. The second-order valence-corrected chi connectivity index (χ2v) is 8.71. The summed E-state index contributed by atoms with van der Waals surface area (Å²) in [5.74, 6) is 0.0872. The Hall–Kier alpha value is -3.63. The molecule has 0 amide bonds. The van der Waals surface area contributed by atoms with Crippen LogP contribution in [0.1, 0.15) is 45.0 Å². The number of carbonyl (C=O) groups is 1. The molecule has 1 heterocycles. The van der Waals surface area contributed by atoms with Crippen molar-refractivity contribution in [1.29, 1.82) is 0 Å². The number of ether oxygens (including phenoxy) is 1. The SMILES string of the molecule is Cc1ccc(C2CC(CNCc3cccc4ccccc34)Oc3ccccc32)cc1C(=O)O. The standard InChI is InChI=1S/C29H27NO3/c1-19-13-14-21(15-26(19)29(31)32)27-16-23(33-28-12-5-4-11-25(27)28)18-30-17-22-9-6-8-20-7-2-3-10-24(20)22/h2-15,23,27,30H,16-18H2,1H3,(H,31,32). The number of carboxylic acid groups (broad SMARTS) is 1. The number of hydrogen-bond acceptors (Lipinski definition) is 3. The van der Waals surface area contributed by atoms with Gasteiger partial charge in [-0.25, -0.2) is 4.79 Å². The van der Waals surface area contributed by atoms with Crippen molar-refractivity contribution in [2.45, 2.75) is 31.9 Å². The van der Waals surface area contributed by atoms with Crippen molar-refractivity contribution in [2.75, 3.05) is 6.54 Å². The summed E-state index contributed by atoms with van der Waals surface area (Å²) >= 11 is 0. The van der Waals surface area contributed by atoms with E-state index < -0.39 is 5.97 Å². The van der Waals surface area contributed by atoms with Gasteiger partial charge in [-0.1, -0.05) is 72.8 Å². The smallest absolute Gasteiger partial charge is 0.335 e. The summed E-state index contributed by atoms with van der Waals surface area (Å²) in [5.41, 5.74) is 4.54. The summed E-state index contributed by atoms with van der Waals surface area (Å²) in [5, 5.41) is 15.7. The first-order valence-corrected chi connectivity index (χ1v) is 11.4. The van der Waals surface area contributed by atoms with E-state index >= 15 is 0 Å². The summed E-state index contributed by atoms with van der Waals surface area (Å²) in [6.45, 7) is 3.32. The lowest BCUT2D eigenvalue weighted by Gasteiger charge is -2.33. The number of aryl methyl sites for hydroxylation is 1. The van der Waals surface area contributed by atoms with Gasteiger partial charge >= 0.3 is 5.97 Å². The van der Waals surface area contributed by atoms with E-state index in [4.69, 9.17) is 4.74 Å². The zero-order chi connectivity index (χ0) is 22.8. The molecular formula is C29H27NO3. The fourth-order valence-corrected chi connectivity index (χ4v) is 4.84. The number of rotatable bonds is 6. The van der Waals surface area contributed by atoms with E-state index in [1.165, 1.54) is 16.3 Å². The second-order valence-electron chi connectivity index (χ2n) is 8.71. The third-order valence-corrected chi connectivity index (χ3v) is 6.55. The average Bonchev–Trinajstić information content (AvgIpc) is 2.84. The summed E-state index contributed by atoms with van der Waals surface area (Å²) in [6, 6.07) is 28.7. The van der Waals surface area contributed by atoms with Gasteiger partial charge in [0.25, 0.3) is 0 Å². The Morgan fingerprint density at radius 2 is 1.79 bits per heavy atom. The van der Waals surface area contributed by atoms with Crippen LogP contribution in [0.2, 0.25) is 0 Å². The molecule has 0 aromatic heterocycles. The van der Waals surface area contributed by atoms with Gasteiger partial charge in [-0.3, -0.25) is 0 Å². The summed E-state index contributed by atoms with van der Waals surface area (Å²) in [4.78, 5) is 11.7. The minimum absolute atomic E-state index is 0.00513. The summed E-state index contributed by atoms with van der Waals surface area (Å²) in [6.07, 6.45) is 0.788. The molecule has 1 aliphatic rings. The highest BCUT2D eigenvalue weighted by Gasteiger charge is 2.29. The molecule has 4 heteroatoms. The molecule has 4 aromatic carbocycles.